The normalized spacial score (nSPS) is 12.1. The molecule has 0 aliphatic carbocycles. The highest BCUT2D eigenvalue weighted by atomic mass is 35.5. The minimum absolute atomic E-state index is 0.632. The van der Waals surface area contributed by atoms with Crippen LogP contribution in [-0.4, -0.2) is 19.9 Å². The van der Waals surface area contributed by atoms with Crippen molar-refractivity contribution in [2.75, 3.05) is 0 Å². The Hall–Kier alpha value is -5.36. The Morgan fingerprint density at radius 1 is 0.327 bits per heavy atom. The third kappa shape index (κ3) is 6.04. The summed E-state index contributed by atoms with van der Waals surface area (Å²) in [7, 11) is 0. The maximum atomic E-state index is 6.59. The molecule has 4 nitrogen and oxygen atoms in total. The van der Waals surface area contributed by atoms with Crippen LogP contribution in [-0.2, 0) is 0 Å². The molecule has 8 heteroatoms. The van der Waals surface area contributed by atoms with E-state index in [2.05, 4.69) is 34.2 Å². The lowest BCUT2D eigenvalue weighted by molar-refractivity contribution is 1.31. The molecule has 0 saturated heterocycles. The zero-order chi connectivity index (χ0) is 35.3. The Morgan fingerprint density at radius 3 is 0.808 bits per heavy atom. The predicted octanol–water partition coefficient (Wildman–Crippen LogP) is 13.9. The summed E-state index contributed by atoms with van der Waals surface area (Å²) in [6.45, 7) is 0. The molecular formula is C44H26Cl4N4. The summed E-state index contributed by atoms with van der Waals surface area (Å²) >= 11 is 26.3. The van der Waals surface area contributed by atoms with Crippen molar-refractivity contribution in [3.8, 4) is 44.5 Å². The molecule has 0 saturated carbocycles. The van der Waals surface area contributed by atoms with Gasteiger partial charge in [-0.1, -0.05) is 94.9 Å². The first kappa shape index (κ1) is 32.5. The fourth-order valence-electron chi connectivity index (χ4n) is 7.00. The van der Waals surface area contributed by atoms with Crippen LogP contribution in [0.2, 0.25) is 20.1 Å². The molecule has 52 heavy (non-hydrogen) atoms. The number of fused-ring (bicyclic) bond motifs is 8. The van der Waals surface area contributed by atoms with E-state index in [0.717, 1.165) is 89.4 Å². The average Bonchev–Trinajstić information content (AvgIpc) is 3.96. The van der Waals surface area contributed by atoms with Crippen LogP contribution in [0.3, 0.4) is 0 Å². The number of H-pyrrole nitrogens is 2. The van der Waals surface area contributed by atoms with Gasteiger partial charge in [-0.2, -0.15) is 0 Å². The van der Waals surface area contributed by atoms with Crippen molar-refractivity contribution in [1.29, 1.82) is 0 Å². The highest BCUT2D eigenvalue weighted by Gasteiger charge is 2.19. The Kier molecular flexibility index (Phi) is 8.33. The third-order valence-corrected chi connectivity index (χ3v) is 10.1. The molecule has 7 aromatic rings. The smallest absolute Gasteiger partial charge is 0.0737 e. The minimum Gasteiger partial charge on any atom is -0.354 e. The summed E-state index contributed by atoms with van der Waals surface area (Å²) in [5.41, 5.74) is 14.0. The average molecular weight is 753 g/mol. The largest absolute Gasteiger partial charge is 0.354 e. The number of hydrogen-bond donors (Lipinski definition) is 2. The quantitative estimate of drug-likeness (QED) is 0.188. The fourth-order valence-corrected chi connectivity index (χ4v) is 7.76. The van der Waals surface area contributed by atoms with Crippen LogP contribution in [0.5, 0.6) is 0 Å². The van der Waals surface area contributed by atoms with Crippen LogP contribution in [0.15, 0.2) is 121 Å². The van der Waals surface area contributed by atoms with Crippen LogP contribution in [0.4, 0.5) is 0 Å². The predicted molar refractivity (Wildman–Crippen MR) is 221 cm³/mol. The van der Waals surface area contributed by atoms with Gasteiger partial charge in [0.05, 0.1) is 22.8 Å². The number of aromatic nitrogens is 4. The van der Waals surface area contributed by atoms with Gasteiger partial charge in [-0.25, -0.2) is 9.97 Å². The van der Waals surface area contributed by atoms with E-state index in [-0.39, 0.29) is 0 Å². The van der Waals surface area contributed by atoms with Gasteiger partial charge in [-0.15, -0.1) is 0 Å². The topological polar surface area (TPSA) is 57.4 Å². The van der Waals surface area contributed by atoms with E-state index < -0.39 is 0 Å². The summed E-state index contributed by atoms with van der Waals surface area (Å²) < 4.78 is 0. The lowest BCUT2D eigenvalue weighted by atomic mass is 10.0. The molecule has 5 heterocycles. The Morgan fingerprint density at radius 2 is 0.577 bits per heavy atom. The van der Waals surface area contributed by atoms with Crippen molar-refractivity contribution in [3.05, 3.63) is 164 Å². The number of aromatic amines is 2. The number of nitrogens with one attached hydrogen (secondary N) is 2. The molecule has 2 aliphatic rings. The number of hydrogen-bond acceptors (Lipinski definition) is 2. The van der Waals surface area contributed by atoms with Gasteiger partial charge < -0.3 is 9.97 Å². The molecule has 4 aromatic carbocycles. The van der Waals surface area contributed by atoms with Gasteiger partial charge in [0.2, 0.25) is 0 Å². The molecule has 8 bridgehead atoms. The van der Waals surface area contributed by atoms with Gasteiger partial charge in [0.25, 0.3) is 0 Å². The van der Waals surface area contributed by atoms with Crippen molar-refractivity contribution >= 4 is 92.8 Å². The molecule has 2 aliphatic heterocycles. The second kappa shape index (κ2) is 13.3. The summed E-state index contributed by atoms with van der Waals surface area (Å²) in [6.07, 6.45) is 8.20. The zero-order valence-corrected chi connectivity index (χ0v) is 30.3. The van der Waals surface area contributed by atoms with E-state index in [0.29, 0.717) is 20.1 Å². The number of benzene rings is 4. The molecule has 0 atom stereocenters. The summed E-state index contributed by atoms with van der Waals surface area (Å²) in [6, 6.07) is 39.7. The molecule has 2 N–H and O–H groups in total. The van der Waals surface area contributed by atoms with Gasteiger partial charge in [-0.3, -0.25) is 0 Å². The molecule has 0 spiro atoms. The number of nitrogens with zero attached hydrogens (tertiary/aromatic N) is 2. The fraction of sp³-hybridized carbons (Fsp3) is 0. The first-order valence-electron chi connectivity index (χ1n) is 16.6. The second-order valence-corrected chi connectivity index (χ2v) is 14.3. The SMILES string of the molecule is Clc1cccc(-c2c3nc(c(-c4cccc(Cl)c4)c4ccc([nH]4)c(-c4cccc(Cl)c4)c4nc(c(-c5cccc(Cl)c5)c5ccc2[nH]5)C=C4)C=C3)c1. The minimum atomic E-state index is 0.632. The highest BCUT2D eigenvalue weighted by Crippen LogP contribution is 2.39. The van der Waals surface area contributed by atoms with E-state index in [1.165, 1.54) is 0 Å². The molecule has 3 aromatic heterocycles. The monoisotopic (exact) mass is 750 g/mol. The van der Waals surface area contributed by atoms with Crippen LogP contribution < -0.4 is 0 Å². The van der Waals surface area contributed by atoms with Gasteiger partial charge >= 0.3 is 0 Å². The Labute approximate surface area is 319 Å². The molecule has 9 rings (SSSR count). The van der Waals surface area contributed by atoms with Gasteiger partial charge in [0, 0.05) is 64.4 Å². The lowest BCUT2D eigenvalue weighted by Gasteiger charge is -2.07. The molecular weight excluding hydrogens is 726 g/mol. The third-order valence-electron chi connectivity index (χ3n) is 9.21. The standard InChI is InChI=1S/C44H26Cl4N4/c45-29-9-1-5-25(21-29)41-33-13-15-35(49-33)42(26-6-2-10-30(46)22-26)37-17-19-39(51-37)44(28-8-4-12-32(48)24-28)40-20-18-38(52-40)43(36-16-14-34(41)50-36)27-7-3-11-31(47)23-27/h1-24,49,52H. The van der Waals surface area contributed by atoms with Crippen LogP contribution >= 0.6 is 46.4 Å². The van der Waals surface area contributed by atoms with E-state index in [9.17, 15) is 0 Å². The van der Waals surface area contributed by atoms with Crippen LogP contribution in [0, 0.1) is 0 Å². The summed E-state index contributed by atoms with van der Waals surface area (Å²) in [5.74, 6) is 0. The summed E-state index contributed by atoms with van der Waals surface area (Å²) in [4.78, 5) is 18.1. The molecule has 0 unspecified atom stereocenters. The highest BCUT2D eigenvalue weighted by molar-refractivity contribution is 6.32. The van der Waals surface area contributed by atoms with E-state index in [1.807, 2.05) is 121 Å². The first-order valence-corrected chi connectivity index (χ1v) is 18.1. The maximum Gasteiger partial charge on any atom is 0.0737 e. The second-order valence-electron chi connectivity index (χ2n) is 12.5. The van der Waals surface area contributed by atoms with E-state index >= 15 is 0 Å². The molecule has 250 valence electrons. The molecule has 0 fully saturated rings. The maximum absolute atomic E-state index is 6.59. The van der Waals surface area contributed by atoms with Gasteiger partial charge in [0.1, 0.15) is 0 Å². The van der Waals surface area contributed by atoms with Crippen molar-refractivity contribution in [3.63, 3.8) is 0 Å². The number of rotatable bonds is 4. The first-order chi connectivity index (χ1) is 25.4. The van der Waals surface area contributed by atoms with Crippen molar-refractivity contribution in [1.82, 2.24) is 19.9 Å². The van der Waals surface area contributed by atoms with E-state index in [4.69, 9.17) is 56.4 Å². The van der Waals surface area contributed by atoms with Crippen LogP contribution in [0.1, 0.15) is 22.8 Å². The van der Waals surface area contributed by atoms with Gasteiger partial charge in [-0.05, 0) is 119 Å². The molecule has 0 amide bonds. The number of halogens is 4. The van der Waals surface area contributed by atoms with Gasteiger partial charge in [0.15, 0.2) is 0 Å². The van der Waals surface area contributed by atoms with Crippen molar-refractivity contribution in [2.45, 2.75) is 0 Å². The van der Waals surface area contributed by atoms with E-state index in [1.54, 1.807) is 0 Å². The Bertz CT molecular complexity index is 2440. The lowest BCUT2D eigenvalue weighted by Crippen LogP contribution is -1.90. The summed E-state index contributed by atoms with van der Waals surface area (Å²) in [5, 5.41) is 2.53. The molecule has 0 radical (unpaired) electrons. The van der Waals surface area contributed by atoms with Crippen molar-refractivity contribution < 1.29 is 0 Å². The van der Waals surface area contributed by atoms with Crippen molar-refractivity contribution in [2.24, 2.45) is 0 Å². The zero-order valence-electron chi connectivity index (χ0n) is 27.3. The Balaban J connectivity index is 1.49. The van der Waals surface area contributed by atoms with Crippen LogP contribution in [0.25, 0.3) is 90.9 Å².